The molecule has 1 atom stereocenters. The first kappa shape index (κ1) is 14.8. The number of aromatic nitrogens is 1. The molecule has 1 aliphatic heterocycles. The lowest BCUT2D eigenvalue weighted by atomic mass is 10.0. The normalized spacial score (nSPS) is 17.8. The Morgan fingerprint density at radius 2 is 2.24 bits per heavy atom. The van der Waals surface area contributed by atoms with E-state index in [4.69, 9.17) is 21.1 Å². The maximum Gasteiger partial charge on any atom is 0.309 e. The molecule has 0 aliphatic carbocycles. The molecule has 21 heavy (non-hydrogen) atoms. The molecule has 1 aromatic heterocycles. The van der Waals surface area contributed by atoms with E-state index in [1.807, 2.05) is 25.1 Å². The zero-order chi connectivity index (χ0) is 14.8. The zero-order valence-corrected chi connectivity index (χ0v) is 13.2. The van der Waals surface area contributed by atoms with Gasteiger partial charge in [0.25, 0.3) is 0 Å². The Morgan fingerprint density at radius 3 is 3.00 bits per heavy atom. The highest BCUT2D eigenvalue weighted by atomic mass is 35.5. The van der Waals surface area contributed by atoms with Crippen LogP contribution >= 0.6 is 22.9 Å². The average molecular weight is 326 g/mol. The predicted molar refractivity (Wildman–Crippen MR) is 82.7 cm³/mol. The third-order valence-electron chi connectivity index (χ3n) is 3.56. The molecule has 0 amide bonds. The monoisotopic (exact) mass is 325 g/mol. The summed E-state index contributed by atoms with van der Waals surface area (Å²) in [6.45, 7) is 3.12. The molecule has 0 radical (unpaired) electrons. The summed E-state index contributed by atoms with van der Waals surface area (Å²) in [4.78, 5) is 16.6. The van der Waals surface area contributed by atoms with Crippen molar-refractivity contribution in [3.63, 3.8) is 0 Å². The van der Waals surface area contributed by atoms with Gasteiger partial charge in [-0.15, -0.1) is 11.3 Å². The van der Waals surface area contributed by atoms with Gasteiger partial charge in [0, 0.05) is 18.2 Å². The highest BCUT2D eigenvalue weighted by molar-refractivity contribution is 7.18. The molecule has 6 heteroatoms. The molecule has 1 aliphatic rings. The number of thiazole rings is 1. The summed E-state index contributed by atoms with van der Waals surface area (Å²) in [7, 11) is 0. The average Bonchev–Trinajstić information content (AvgIpc) is 2.91. The van der Waals surface area contributed by atoms with Crippen LogP contribution < -0.4 is 0 Å². The maximum atomic E-state index is 12.1. The van der Waals surface area contributed by atoms with Crippen LogP contribution in [0, 0.1) is 5.92 Å². The van der Waals surface area contributed by atoms with Crippen molar-refractivity contribution in [2.24, 2.45) is 5.92 Å². The first-order chi connectivity index (χ1) is 10.1. The van der Waals surface area contributed by atoms with Crippen molar-refractivity contribution in [1.82, 2.24) is 4.98 Å². The summed E-state index contributed by atoms with van der Waals surface area (Å²) in [5.74, 6) is -0.201. The Bertz CT molecular complexity index is 651. The smallest absolute Gasteiger partial charge is 0.309 e. The fraction of sp³-hybridized carbons (Fsp3) is 0.467. The predicted octanol–water partition coefficient (Wildman–Crippen LogP) is 3.98. The molecule has 112 valence electrons. The molecular formula is C15H16ClNO3S. The van der Waals surface area contributed by atoms with Gasteiger partial charge in [0.05, 0.1) is 16.1 Å². The van der Waals surface area contributed by atoms with Crippen LogP contribution in [-0.4, -0.2) is 24.2 Å². The number of carbonyl (C=O) groups excluding carboxylic acids is 1. The second kappa shape index (κ2) is 6.30. The summed E-state index contributed by atoms with van der Waals surface area (Å²) < 4.78 is 11.9. The van der Waals surface area contributed by atoms with Crippen LogP contribution in [0.5, 0.6) is 0 Å². The van der Waals surface area contributed by atoms with Gasteiger partial charge in [-0.3, -0.25) is 4.79 Å². The van der Waals surface area contributed by atoms with E-state index in [0.717, 1.165) is 28.1 Å². The first-order valence-corrected chi connectivity index (χ1v) is 8.17. The largest absolute Gasteiger partial charge is 0.455 e. The van der Waals surface area contributed by atoms with Gasteiger partial charge in [0.1, 0.15) is 5.01 Å². The molecule has 0 spiro atoms. The van der Waals surface area contributed by atoms with Crippen LogP contribution in [0.2, 0.25) is 5.02 Å². The molecule has 2 aromatic rings. The summed E-state index contributed by atoms with van der Waals surface area (Å²) >= 11 is 7.49. The summed E-state index contributed by atoms with van der Waals surface area (Å²) in [6, 6.07) is 5.60. The molecule has 0 unspecified atom stereocenters. The van der Waals surface area contributed by atoms with Crippen LogP contribution in [0.1, 0.15) is 30.9 Å². The lowest BCUT2D eigenvalue weighted by Gasteiger charge is -2.22. The van der Waals surface area contributed by atoms with Crippen LogP contribution in [-0.2, 0) is 14.3 Å². The van der Waals surface area contributed by atoms with E-state index in [9.17, 15) is 4.79 Å². The molecule has 3 rings (SSSR count). The Balaban J connectivity index is 1.71. The highest BCUT2D eigenvalue weighted by Crippen LogP contribution is 2.30. The Morgan fingerprint density at radius 1 is 1.48 bits per heavy atom. The van der Waals surface area contributed by atoms with Crippen molar-refractivity contribution in [3.8, 4) is 0 Å². The third kappa shape index (κ3) is 3.36. The molecule has 0 N–H and O–H groups in total. The summed E-state index contributed by atoms with van der Waals surface area (Å²) in [6.07, 6.45) is 1.14. The quantitative estimate of drug-likeness (QED) is 0.801. The zero-order valence-electron chi connectivity index (χ0n) is 11.7. The van der Waals surface area contributed by atoms with Gasteiger partial charge >= 0.3 is 5.97 Å². The molecule has 4 nitrogen and oxygen atoms in total. The molecule has 0 saturated carbocycles. The van der Waals surface area contributed by atoms with Gasteiger partial charge in [-0.1, -0.05) is 11.6 Å². The van der Waals surface area contributed by atoms with Gasteiger partial charge in [-0.2, -0.15) is 0 Å². The second-order valence-corrected chi connectivity index (χ2v) is 6.63. The number of benzene rings is 1. The molecule has 1 saturated heterocycles. The molecule has 0 bridgehead atoms. The number of nitrogens with zero attached hydrogens (tertiary/aromatic N) is 1. The van der Waals surface area contributed by atoms with E-state index in [0.29, 0.717) is 18.2 Å². The van der Waals surface area contributed by atoms with E-state index in [-0.39, 0.29) is 18.0 Å². The van der Waals surface area contributed by atoms with Crippen LogP contribution in [0.25, 0.3) is 10.2 Å². The standard InChI is InChI=1S/C15H16ClNO3S/c1-9(20-15(18)10-4-6-19-7-5-10)14-17-12-8-11(16)2-3-13(12)21-14/h2-3,8-10H,4-7H2,1H3/t9-/m1/s1. The van der Waals surface area contributed by atoms with Gasteiger partial charge in [0.2, 0.25) is 0 Å². The summed E-state index contributed by atoms with van der Waals surface area (Å²) in [5.41, 5.74) is 0.844. The van der Waals surface area contributed by atoms with E-state index < -0.39 is 0 Å². The van der Waals surface area contributed by atoms with Crippen LogP contribution in [0.3, 0.4) is 0 Å². The molecule has 2 heterocycles. The Kier molecular flexibility index (Phi) is 4.42. The number of hydrogen-bond acceptors (Lipinski definition) is 5. The van der Waals surface area contributed by atoms with E-state index in [1.54, 1.807) is 0 Å². The van der Waals surface area contributed by atoms with Crippen molar-refractivity contribution in [2.45, 2.75) is 25.9 Å². The Hall–Kier alpha value is -1.17. The molecule has 1 fully saturated rings. The summed E-state index contributed by atoms with van der Waals surface area (Å²) in [5, 5.41) is 1.46. The maximum absolute atomic E-state index is 12.1. The number of fused-ring (bicyclic) bond motifs is 1. The first-order valence-electron chi connectivity index (χ1n) is 6.97. The van der Waals surface area contributed by atoms with E-state index in [1.165, 1.54) is 11.3 Å². The number of halogens is 1. The van der Waals surface area contributed by atoms with Gasteiger partial charge in [-0.25, -0.2) is 4.98 Å². The number of ether oxygens (including phenoxy) is 2. The van der Waals surface area contributed by atoms with E-state index in [2.05, 4.69) is 4.98 Å². The fourth-order valence-electron chi connectivity index (χ4n) is 2.35. The van der Waals surface area contributed by atoms with Crippen LogP contribution in [0.15, 0.2) is 18.2 Å². The number of rotatable bonds is 3. The number of carbonyl (C=O) groups is 1. The van der Waals surface area contributed by atoms with E-state index >= 15 is 0 Å². The highest BCUT2D eigenvalue weighted by Gasteiger charge is 2.25. The minimum atomic E-state index is -0.337. The molecular weight excluding hydrogens is 310 g/mol. The van der Waals surface area contributed by atoms with Gasteiger partial charge < -0.3 is 9.47 Å². The van der Waals surface area contributed by atoms with Crippen molar-refractivity contribution in [1.29, 1.82) is 0 Å². The van der Waals surface area contributed by atoms with Crippen molar-refractivity contribution in [3.05, 3.63) is 28.2 Å². The van der Waals surface area contributed by atoms with Crippen LogP contribution in [0.4, 0.5) is 0 Å². The lowest BCUT2D eigenvalue weighted by Crippen LogP contribution is -2.26. The lowest BCUT2D eigenvalue weighted by molar-refractivity contribution is -0.156. The van der Waals surface area contributed by atoms with Crippen molar-refractivity contribution < 1.29 is 14.3 Å². The number of hydrogen-bond donors (Lipinski definition) is 0. The molecule has 1 aromatic carbocycles. The topological polar surface area (TPSA) is 48.4 Å². The minimum Gasteiger partial charge on any atom is -0.455 e. The second-order valence-electron chi connectivity index (χ2n) is 5.13. The fourth-order valence-corrected chi connectivity index (χ4v) is 3.44. The third-order valence-corrected chi connectivity index (χ3v) is 4.99. The Labute approximate surface area is 132 Å². The number of esters is 1. The van der Waals surface area contributed by atoms with Gasteiger partial charge in [-0.05, 0) is 38.0 Å². The van der Waals surface area contributed by atoms with Crippen molar-refractivity contribution in [2.75, 3.05) is 13.2 Å². The SMILES string of the molecule is C[C@@H](OC(=O)C1CCOCC1)c1nc2cc(Cl)ccc2s1. The van der Waals surface area contributed by atoms with Gasteiger partial charge in [0.15, 0.2) is 6.10 Å². The van der Waals surface area contributed by atoms with Crippen molar-refractivity contribution >= 4 is 39.1 Å². The minimum absolute atomic E-state index is 0.0509.